The van der Waals surface area contributed by atoms with Gasteiger partial charge in [0.05, 0.1) is 11.2 Å². The summed E-state index contributed by atoms with van der Waals surface area (Å²) in [6.45, 7) is 0. The van der Waals surface area contributed by atoms with Crippen LogP contribution in [0.5, 0.6) is 0 Å². The van der Waals surface area contributed by atoms with Gasteiger partial charge >= 0.3 is 0 Å². The Bertz CT molecular complexity index is 899. The molecule has 3 aromatic rings. The lowest BCUT2D eigenvalue weighted by Gasteiger charge is -2.07. The predicted octanol–water partition coefficient (Wildman–Crippen LogP) is 3.63. The molecule has 2 aromatic heterocycles. The summed E-state index contributed by atoms with van der Waals surface area (Å²) in [5, 5.41) is 1.05. The predicted molar refractivity (Wildman–Crippen MR) is 85.3 cm³/mol. The maximum atomic E-state index is 11.9. The van der Waals surface area contributed by atoms with Crippen LogP contribution in [-0.4, -0.2) is 15.0 Å². The zero-order valence-electron chi connectivity index (χ0n) is 11.1. The number of hydrogen-bond acceptors (Lipinski definition) is 3. The van der Waals surface area contributed by atoms with Gasteiger partial charge in [-0.1, -0.05) is 18.2 Å². The van der Waals surface area contributed by atoms with Crippen LogP contribution in [0.1, 0.15) is 24.5 Å². The van der Waals surface area contributed by atoms with Crippen molar-refractivity contribution in [3.05, 3.63) is 56.9 Å². The highest BCUT2D eigenvalue weighted by molar-refractivity contribution is 9.10. The second-order valence-electron chi connectivity index (χ2n) is 5.30. The molecular formula is C16H12BrN3O. The number of nitrogens with zero attached hydrogens (tertiary/aromatic N) is 2. The van der Waals surface area contributed by atoms with Gasteiger partial charge in [0, 0.05) is 21.8 Å². The zero-order valence-corrected chi connectivity index (χ0v) is 12.7. The second kappa shape index (κ2) is 4.77. The van der Waals surface area contributed by atoms with Crippen molar-refractivity contribution in [2.24, 2.45) is 0 Å². The molecule has 0 bridgehead atoms. The average molecular weight is 342 g/mol. The van der Waals surface area contributed by atoms with Gasteiger partial charge in [0.25, 0.3) is 5.56 Å². The number of pyridine rings is 1. The first-order valence-corrected chi connectivity index (χ1v) is 7.67. The van der Waals surface area contributed by atoms with Gasteiger partial charge in [0.15, 0.2) is 5.82 Å². The first-order valence-electron chi connectivity index (χ1n) is 6.87. The summed E-state index contributed by atoms with van der Waals surface area (Å²) in [5.41, 5.74) is 2.31. The lowest BCUT2D eigenvalue weighted by atomic mass is 10.2. The number of aromatic nitrogens is 3. The number of fused-ring (bicyclic) bond motifs is 1. The van der Waals surface area contributed by atoms with Gasteiger partial charge in [-0.25, -0.2) is 9.97 Å². The smallest absolute Gasteiger partial charge is 0.251 e. The summed E-state index contributed by atoms with van der Waals surface area (Å²) >= 11 is 3.53. The molecule has 0 aliphatic heterocycles. The van der Waals surface area contributed by atoms with Crippen molar-refractivity contribution in [3.63, 3.8) is 0 Å². The van der Waals surface area contributed by atoms with Gasteiger partial charge in [0.2, 0.25) is 0 Å². The first-order chi connectivity index (χ1) is 10.2. The largest absolute Gasteiger partial charge is 0.305 e. The van der Waals surface area contributed by atoms with Crippen molar-refractivity contribution in [1.29, 1.82) is 0 Å². The van der Waals surface area contributed by atoms with E-state index in [1.54, 1.807) is 6.07 Å². The standard InChI is InChI=1S/C16H12BrN3O/c17-11-7-10-3-1-2-4-12(10)18-15(11)16-19-13(9-5-6-9)8-14(21)20-16/h1-4,7-9H,5-6H2,(H,19,20,21). The van der Waals surface area contributed by atoms with Gasteiger partial charge in [-0.15, -0.1) is 0 Å². The van der Waals surface area contributed by atoms with Crippen LogP contribution >= 0.6 is 15.9 Å². The molecular weight excluding hydrogens is 330 g/mol. The second-order valence-corrected chi connectivity index (χ2v) is 6.16. The molecule has 1 aromatic carbocycles. The number of nitrogens with one attached hydrogen (secondary N) is 1. The fourth-order valence-electron chi connectivity index (χ4n) is 2.43. The molecule has 0 amide bonds. The van der Waals surface area contributed by atoms with Gasteiger partial charge in [-0.05, 0) is 40.9 Å². The van der Waals surface area contributed by atoms with E-state index in [-0.39, 0.29) is 5.56 Å². The number of para-hydroxylation sites is 1. The van der Waals surface area contributed by atoms with E-state index in [4.69, 9.17) is 0 Å². The van der Waals surface area contributed by atoms with Crippen LogP contribution in [0.3, 0.4) is 0 Å². The summed E-state index contributed by atoms with van der Waals surface area (Å²) < 4.78 is 0.831. The van der Waals surface area contributed by atoms with E-state index < -0.39 is 0 Å². The molecule has 0 spiro atoms. The van der Waals surface area contributed by atoms with Crippen LogP contribution in [0.4, 0.5) is 0 Å². The molecule has 2 heterocycles. The maximum absolute atomic E-state index is 11.9. The van der Waals surface area contributed by atoms with Crippen LogP contribution < -0.4 is 5.56 Å². The molecule has 1 N–H and O–H groups in total. The number of aromatic amines is 1. The Kier molecular flexibility index (Phi) is 2.89. The van der Waals surface area contributed by atoms with E-state index >= 15 is 0 Å². The molecule has 5 heteroatoms. The maximum Gasteiger partial charge on any atom is 0.251 e. The van der Waals surface area contributed by atoms with Crippen LogP contribution in [0, 0.1) is 0 Å². The Morgan fingerprint density at radius 3 is 2.76 bits per heavy atom. The molecule has 1 saturated carbocycles. The van der Waals surface area contributed by atoms with E-state index in [2.05, 4.69) is 30.9 Å². The molecule has 4 nitrogen and oxygen atoms in total. The fraction of sp³-hybridized carbons (Fsp3) is 0.188. The third-order valence-electron chi connectivity index (χ3n) is 3.66. The van der Waals surface area contributed by atoms with E-state index in [0.717, 1.165) is 33.9 Å². The summed E-state index contributed by atoms with van der Waals surface area (Å²) in [7, 11) is 0. The highest BCUT2D eigenvalue weighted by atomic mass is 79.9. The van der Waals surface area contributed by atoms with Crippen molar-refractivity contribution in [3.8, 4) is 11.5 Å². The highest BCUT2D eigenvalue weighted by Crippen LogP contribution is 2.39. The molecule has 0 unspecified atom stereocenters. The number of hydrogen-bond donors (Lipinski definition) is 1. The van der Waals surface area contributed by atoms with Crippen molar-refractivity contribution in [1.82, 2.24) is 15.0 Å². The monoisotopic (exact) mass is 341 g/mol. The van der Waals surface area contributed by atoms with Crippen molar-refractivity contribution in [2.75, 3.05) is 0 Å². The zero-order chi connectivity index (χ0) is 14.4. The van der Waals surface area contributed by atoms with Crippen molar-refractivity contribution >= 4 is 26.8 Å². The number of halogens is 1. The quantitative estimate of drug-likeness (QED) is 0.774. The SMILES string of the molecule is O=c1cc(C2CC2)nc(-c2nc3ccccc3cc2Br)[nH]1. The first kappa shape index (κ1) is 12.7. The Morgan fingerprint density at radius 2 is 1.95 bits per heavy atom. The van der Waals surface area contributed by atoms with Crippen LogP contribution in [-0.2, 0) is 0 Å². The van der Waals surface area contributed by atoms with Gasteiger partial charge in [0.1, 0.15) is 5.69 Å². The molecule has 1 aliphatic carbocycles. The fourth-order valence-corrected chi connectivity index (χ4v) is 2.96. The van der Waals surface area contributed by atoms with Crippen molar-refractivity contribution in [2.45, 2.75) is 18.8 Å². The summed E-state index contributed by atoms with van der Waals surface area (Å²) in [5.74, 6) is 0.965. The number of rotatable bonds is 2. The van der Waals surface area contributed by atoms with E-state index in [1.807, 2.05) is 30.3 Å². The number of H-pyrrole nitrogens is 1. The normalized spacial score (nSPS) is 14.5. The Labute approximate surface area is 129 Å². The Morgan fingerprint density at radius 1 is 1.14 bits per heavy atom. The van der Waals surface area contributed by atoms with Crippen LogP contribution in [0.25, 0.3) is 22.4 Å². The van der Waals surface area contributed by atoms with E-state index in [0.29, 0.717) is 17.4 Å². The third kappa shape index (κ3) is 2.38. The molecule has 1 fully saturated rings. The lowest BCUT2D eigenvalue weighted by molar-refractivity contribution is 0.970. The lowest BCUT2D eigenvalue weighted by Crippen LogP contribution is -2.10. The molecule has 0 radical (unpaired) electrons. The minimum absolute atomic E-state index is 0.122. The third-order valence-corrected chi connectivity index (χ3v) is 4.26. The summed E-state index contributed by atoms with van der Waals surface area (Å²) in [4.78, 5) is 23.9. The Hall–Kier alpha value is -2.01. The minimum Gasteiger partial charge on any atom is -0.305 e. The Balaban J connectivity index is 1.93. The molecule has 0 atom stereocenters. The van der Waals surface area contributed by atoms with Crippen molar-refractivity contribution < 1.29 is 0 Å². The van der Waals surface area contributed by atoms with E-state index in [9.17, 15) is 4.79 Å². The van der Waals surface area contributed by atoms with Gasteiger partial charge in [-0.3, -0.25) is 4.79 Å². The molecule has 104 valence electrons. The summed E-state index contributed by atoms with van der Waals surface area (Å²) in [6.07, 6.45) is 2.23. The minimum atomic E-state index is -0.122. The van der Waals surface area contributed by atoms with Crippen LogP contribution in [0.2, 0.25) is 0 Å². The van der Waals surface area contributed by atoms with Gasteiger partial charge < -0.3 is 4.98 Å². The highest BCUT2D eigenvalue weighted by Gasteiger charge is 2.26. The summed E-state index contributed by atoms with van der Waals surface area (Å²) in [6, 6.07) is 11.5. The number of benzene rings is 1. The molecule has 0 saturated heterocycles. The van der Waals surface area contributed by atoms with Crippen LogP contribution in [0.15, 0.2) is 45.7 Å². The average Bonchev–Trinajstić information content (AvgIpc) is 3.30. The van der Waals surface area contributed by atoms with Gasteiger partial charge in [-0.2, -0.15) is 0 Å². The van der Waals surface area contributed by atoms with E-state index in [1.165, 1.54) is 0 Å². The molecule has 4 rings (SSSR count). The molecule has 21 heavy (non-hydrogen) atoms. The molecule has 1 aliphatic rings. The topological polar surface area (TPSA) is 58.6 Å².